The highest BCUT2D eigenvalue weighted by atomic mass is 16.8. The van der Waals surface area contributed by atoms with Crippen LogP contribution in [0.25, 0.3) is 0 Å². The molecule has 62 heavy (non-hydrogen) atoms. The van der Waals surface area contributed by atoms with Crippen molar-refractivity contribution in [3.8, 4) is 0 Å². The first-order valence-electron chi connectivity index (χ1n) is 19.5. The summed E-state index contributed by atoms with van der Waals surface area (Å²) in [5.41, 5.74) is 0. The van der Waals surface area contributed by atoms with Crippen LogP contribution in [0, 0.1) is 0 Å². The number of ether oxygens (including phenoxy) is 8. The van der Waals surface area contributed by atoms with Crippen LogP contribution >= 0.6 is 0 Å². The van der Waals surface area contributed by atoms with Gasteiger partial charge in [-0.3, -0.25) is 9.59 Å². The lowest BCUT2D eigenvalue weighted by Crippen LogP contribution is -2.68. The number of carbonyl (C=O) groups excluding carboxylic acids is 2. The van der Waals surface area contributed by atoms with Gasteiger partial charge in [0.2, 0.25) is 11.8 Å². The van der Waals surface area contributed by atoms with Gasteiger partial charge < -0.3 is 130 Å². The first kappa shape index (κ1) is 52.6. The Morgan fingerprint density at radius 2 is 1.02 bits per heavy atom. The molecule has 4 heterocycles. The van der Waals surface area contributed by atoms with Gasteiger partial charge in [0.15, 0.2) is 25.2 Å². The quantitative estimate of drug-likeness (QED) is 0.0572. The molecule has 0 aromatic rings. The zero-order valence-electron chi connectivity index (χ0n) is 33.3. The van der Waals surface area contributed by atoms with E-state index in [1.165, 1.54) is 0 Å². The molecule has 0 saturated carbocycles. The second kappa shape index (κ2) is 23.4. The molecule has 362 valence electrons. The molecule has 28 nitrogen and oxygen atoms in total. The largest absolute Gasteiger partial charge is 0.394 e. The third-order valence-corrected chi connectivity index (χ3v) is 10.8. The predicted molar refractivity (Wildman–Crippen MR) is 192 cm³/mol. The van der Waals surface area contributed by atoms with Crippen LogP contribution in [0.3, 0.4) is 0 Å². The summed E-state index contributed by atoms with van der Waals surface area (Å²) in [6.07, 6.45) is -41.0. The Bertz CT molecular complexity index is 1390. The molecular formula is C34H60N2O26. The van der Waals surface area contributed by atoms with Gasteiger partial charge in [-0.05, 0) is 0 Å². The average molecular weight is 913 g/mol. The Balaban J connectivity index is 1.51. The van der Waals surface area contributed by atoms with Crippen LogP contribution in [0.1, 0.15) is 13.8 Å². The van der Waals surface area contributed by atoms with Crippen molar-refractivity contribution in [3.05, 3.63) is 0 Å². The van der Waals surface area contributed by atoms with Crippen molar-refractivity contribution in [1.29, 1.82) is 0 Å². The second-order valence-electron chi connectivity index (χ2n) is 15.2. The van der Waals surface area contributed by atoms with Gasteiger partial charge >= 0.3 is 0 Å². The molecule has 4 rings (SSSR count). The fourth-order valence-corrected chi connectivity index (χ4v) is 7.33. The third-order valence-electron chi connectivity index (χ3n) is 10.8. The molecule has 18 N–H and O–H groups in total. The molecule has 24 atom stereocenters. The van der Waals surface area contributed by atoms with Crippen molar-refractivity contribution in [1.82, 2.24) is 10.6 Å². The van der Waals surface area contributed by atoms with Crippen LogP contribution < -0.4 is 10.6 Å². The summed E-state index contributed by atoms with van der Waals surface area (Å²) in [4.78, 5) is 24.3. The number of nitrogens with one attached hydrogen (secondary N) is 2. The number of carbonyl (C=O) groups is 2. The summed E-state index contributed by atoms with van der Waals surface area (Å²) in [5, 5.41) is 172. The smallest absolute Gasteiger partial charge is 0.217 e. The SMILES string of the molecule is CC(=O)N[C@H]1[C@H](OC[C@@H](O)[C@H](O)[C@H](O[C@@H]2O[C@H](CO)[C@H](O)[C@H](O)[C@H]2O)[C@H](CO)NC(C)=O)O[C@H](CO)[C@@H](O[C@@H]2O[C@H](CO)[C@H](O)[C@H](O[C@@H]3O[C@H](CO)[C@H](O)[C@H](O)[C@H]3O)[C@H]2O)[C@@H]1O. The number of rotatable bonds is 19. The Morgan fingerprint density at radius 3 is 1.52 bits per heavy atom. The number of hydrogen-bond acceptors (Lipinski definition) is 26. The number of aliphatic hydroxyl groups is 16. The number of amides is 2. The summed E-state index contributed by atoms with van der Waals surface area (Å²) >= 11 is 0. The molecule has 0 aromatic heterocycles. The fourth-order valence-electron chi connectivity index (χ4n) is 7.33. The molecule has 2 amide bonds. The van der Waals surface area contributed by atoms with Crippen molar-refractivity contribution >= 4 is 11.8 Å². The van der Waals surface area contributed by atoms with E-state index >= 15 is 0 Å². The molecule has 0 bridgehead atoms. The molecule has 0 unspecified atom stereocenters. The predicted octanol–water partition coefficient (Wildman–Crippen LogP) is -12.0. The van der Waals surface area contributed by atoms with Crippen molar-refractivity contribution in [3.63, 3.8) is 0 Å². The highest BCUT2D eigenvalue weighted by Gasteiger charge is 2.55. The highest BCUT2D eigenvalue weighted by molar-refractivity contribution is 5.73. The highest BCUT2D eigenvalue weighted by Crippen LogP contribution is 2.33. The Kier molecular flexibility index (Phi) is 19.9. The molecule has 0 aromatic carbocycles. The van der Waals surface area contributed by atoms with Crippen LogP contribution in [0.15, 0.2) is 0 Å². The second-order valence-corrected chi connectivity index (χ2v) is 15.2. The summed E-state index contributed by atoms with van der Waals surface area (Å²) in [6, 6.07) is -3.20. The molecule has 0 aliphatic carbocycles. The van der Waals surface area contributed by atoms with E-state index in [0.29, 0.717) is 0 Å². The molecule has 4 fully saturated rings. The molecule has 0 radical (unpaired) electrons. The van der Waals surface area contributed by atoms with E-state index in [9.17, 15) is 91.3 Å². The van der Waals surface area contributed by atoms with Gasteiger partial charge in [0.25, 0.3) is 0 Å². The Hall–Kier alpha value is -2.02. The molecule has 4 aliphatic rings. The van der Waals surface area contributed by atoms with E-state index in [-0.39, 0.29) is 0 Å². The summed E-state index contributed by atoms with van der Waals surface area (Å²) in [7, 11) is 0. The van der Waals surface area contributed by atoms with Gasteiger partial charge in [-0.25, -0.2) is 0 Å². The van der Waals surface area contributed by atoms with Crippen LogP contribution in [0.4, 0.5) is 0 Å². The molecule has 28 heteroatoms. The van der Waals surface area contributed by atoms with Crippen molar-refractivity contribution in [2.24, 2.45) is 0 Å². The Labute approximate surface area is 352 Å². The van der Waals surface area contributed by atoms with Gasteiger partial charge in [0, 0.05) is 13.8 Å². The fraction of sp³-hybridized carbons (Fsp3) is 0.941. The van der Waals surface area contributed by atoms with Crippen molar-refractivity contribution in [2.45, 2.75) is 161 Å². The average Bonchev–Trinajstić information content (AvgIpc) is 3.24. The summed E-state index contributed by atoms with van der Waals surface area (Å²) in [5.74, 6) is -1.56. The normalized spacial score (nSPS) is 43.6. The maximum Gasteiger partial charge on any atom is 0.217 e. The van der Waals surface area contributed by atoms with Gasteiger partial charge in [-0.1, -0.05) is 0 Å². The first-order chi connectivity index (χ1) is 29.2. The van der Waals surface area contributed by atoms with E-state index in [2.05, 4.69) is 10.6 Å². The van der Waals surface area contributed by atoms with Crippen molar-refractivity contribution in [2.75, 3.05) is 39.6 Å². The van der Waals surface area contributed by atoms with Crippen LogP contribution in [-0.4, -0.2) is 280 Å². The number of aliphatic hydroxyl groups excluding tert-OH is 16. The van der Waals surface area contributed by atoms with Crippen LogP contribution in [0.2, 0.25) is 0 Å². The maximum atomic E-state index is 12.3. The number of hydrogen-bond donors (Lipinski definition) is 18. The van der Waals surface area contributed by atoms with E-state index in [0.717, 1.165) is 13.8 Å². The molecule has 4 saturated heterocycles. The molecule has 4 aliphatic heterocycles. The minimum Gasteiger partial charge on any atom is -0.394 e. The summed E-state index contributed by atoms with van der Waals surface area (Å²) < 4.78 is 44.5. The zero-order valence-corrected chi connectivity index (χ0v) is 33.3. The zero-order chi connectivity index (χ0) is 46.3. The lowest BCUT2D eigenvalue weighted by molar-refractivity contribution is -0.376. The lowest BCUT2D eigenvalue weighted by Gasteiger charge is -2.48. The van der Waals surface area contributed by atoms with Crippen molar-refractivity contribution < 1.29 is 129 Å². The topological polar surface area (TPSA) is 456 Å². The maximum absolute atomic E-state index is 12.3. The van der Waals surface area contributed by atoms with E-state index < -0.39 is 199 Å². The van der Waals surface area contributed by atoms with E-state index in [4.69, 9.17) is 37.9 Å². The lowest BCUT2D eigenvalue weighted by atomic mass is 9.95. The standard InChI is InChI=1S/C34H60N2O26/c1-9(42)35-11(3-37)28(60-32-25(52)23(50)19(46)13(4-38)56-32)18(45)12(44)8-55-31-17(36-10(2)43)22(49)29(16(7-41)59-31)61-34-27(54)30(21(48)15(6-40)58-34)62-33-26(53)24(51)20(47)14(5-39)57-33/h11-34,37-41,44-54H,3-8H2,1-2H3,(H,35,42)(H,36,43)/t11-,12+,13+,14+,15+,16+,17+,18-,19-,20-,21-,22+,23-,24-,25+,26+,27+,28+,29+,30-,31+,32-,33-,34-/m0/s1. The van der Waals surface area contributed by atoms with Crippen LogP contribution in [-0.2, 0) is 47.5 Å². The third kappa shape index (κ3) is 12.1. The van der Waals surface area contributed by atoms with Gasteiger partial charge in [-0.2, -0.15) is 0 Å². The molecular weight excluding hydrogens is 852 g/mol. The van der Waals surface area contributed by atoms with Gasteiger partial charge in [0.1, 0.15) is 116 Å². The van der Waals surface area contributed by atoms with Gasteiger partial charge in [-0.15, -0.1) is 0 Å². The Morgan fingerprint density at radius 1 is 0.548 bits per heavy atom. The van der Waals surface area contributed by atoms with Gasteiger partial charge in [0.05, 0.1) is 45.7 Å². The molecule has 0 spiro atoms. The summed E-state index contributed by atoms with van der Waals surface area (Å²) in [6.45, 7) is -3.50. The minimum absolute atomic E-state index is 0.759. The van der Waals surface area contributed by atoms with E-state index in [1.807, 2.05) is 0 Å². The van der Waals surface area contributed by atoms with Crippen LogP contribution in [0.5, 0.6) is 0 Å². The van der Waals surface area contributed by atoms with E-state index in [1.54, 1.807) is 0 Å². The monoisotopic (exact) mass is 912 g/mol. The first-order valence-corrected chi connectivity index (χ1v) is 19.5. The minimum atomic E-state index is -2.18.